The Balaban J connectivity index is 1.34. The fourth-order valence-electron chi connectivity index (χ4n) is 3.58. The number of hydrogen-bond donors (Lipinski definition) is 1. The number of amides is 2. The third-order valence-corrected chi connectivity index (χ3v) is 6.74. The van der Waals surface area contributed by atoms with Crippen LogP contribution in [0.4, 0.5) is 0 Å². The summed E-state index contributed by atoms with van der Waals surface area (Å²) in [6.07, 6.45) is 0. The van der Waals surface area contributed by atoms with Crippen LogP contribution in [0.1, 0.15) is 12.5 Å². The lowest BCUT2D eigenvalue weighted by atomic mass is 10.0. The minimum Gasteiger partial charge on any atom is -0.497 e. The van der Waals surface area contributed by atoms with Crippen molar-refractivity contribution in [2.24, 2.45) is 0 Å². The van der Waals surface area contributed by atoms with Crippen molar-refractivity contribution < 1.29 is 28.6 Å². The van der Waals surface area contributed by atoms with Gasteiger partial charge in [-0.1, -0.05) is 30.3 Å². The molecule has 1 saturated heterocycles. The molecule has 1 fully saturated rings. The molecule has 2 heterocycles. The molecule has 2 aliphatic rings. The normalized spacial score (nSPS) is 19.3. The number of ether oxygens (including phenoxy) is 3. The fraction of sp³-hybridized carbons (Fsp3) is 0.292. The second-order valence-electron chi connectivity index (χ2n) is 7.61. The molecular weight excluding hydrogens is 444 g/mol. The summed E-state index contributed by atoms with van der Waals surface area (Å²) in [6, 6.07) is 15.4. The second kappa shape index (κ2) is 9.99. The van der Waals surface area contributed by atoms with Crippen molar-refractivity contribution in [3.8, 4) is 11.5 Å². The zero-order valence-electron chi connectivity index (χ0n) is 18.3. The van der Waals surface area contributed by atoms with Gasteiger partial charge in [0.25, 0.3) is 11.8 Å². The molecule has 2 aliphatic heterocycles. The van der Waals surface area contributed by atoms with Crippen LogP contribution in [0.2, 0.25) is 0 Å². The lowest BCUT2D eigenvalue weighted by molar-refractivity contribution is -0.153. The van der Waals surface area contributed by atoms with Crippen LogP contribution in [-0.4, -0.2) is 53.6 Å². The van der Waals surface area contributed by atoms with Gasteiger partial charge >= 0.3 is 5.97 Å². The van der Waals surface area contributed by atoms with Crippen LogP contribution < -0.4 is 14.8 Å². The summed E-state index contributed by atoms with van der Waals surface area (Å²) in [6.45, 7) is 1.69. The van der Waals surface area contributed by atoms with E-state index in [1.54, 1.807) is 38.3 Å². The molecule has 2 aromatic rings. The van der Waals surface area contributed by atoms with E-state index in [9.17, 15) is 14.4 Å². The third-order valence-electron chi connectivity index (χ3n) is 5.31. The van der Waals surface area contributed by atoms with Gasteiger partial charge in [-0.2, -0.15) is 0 Å². The monoisotopic (exact) mass is 468 g/mol. The topological polar surface area (TPSA) is 94.2 Å². The van der Waals surface area contributed by atoms with Crippen molar-refractivity contribution in [3.63, 3.8) is 0 Å². The summed E-state index contributed by atoms with van der Waals surface area (Å²) in [4.78, 5) is 39.3. The van der Waals surface area contributed by atoms with Crippen molar-refractivity contribution in [1.82, 2.24) is 10.2 Å². The van der Waals surface area contributed by atoms with E-state index in [1.165, 1.54) is 16.7 Å². The first-order valence-corrected chi connectivity index (χ1v) is 11.4. The number of benzene rings is 2. The quantitative estimate of drug-likeness (QED) is 0.470. The molecule has 0 bridgehead atoms. The number of thioether (sulfide) groups is 1. The van der Waals surface area contributed by atoms with E-state index in [4.69, 9.17) is 14.2 Å². The van der Waals surface area contributed by atoms with Gasteiger partial charge in [-0.3, -0.25) is 14.5 Å². The van der Waals surface area contributed by atoms with Gasteiger partial charge in [-0.05, 0) is 42.3 Å². The summed E-state index contributed by atoms with van der Waals surface area (Å²) >= 11 is 1.50. The molecule has 0 spiro atoms. The van der Waals surface area contributed by atoms with E-state index in [0.717, 1.165) is 11.1 Å². The number of fused-ring (bicyclic) bond motifs is 1. The fourth-order valence-corrected chi connectivity index (χ4v) is 4.87. The van der Waals surface area contributed by atoms with Gasteiger partial charge in [-0.25, -0.2) is 4.79 Å². The number of β-lactam (4-membered cyclic amide) rings is 1. The summed E-state index contributed by atoms with van der Waals surface area (Å²) < 4.78 is 16.0. The van der Waals surface area contributed by atoms with Crippen molar-refractivity contribution in [2.45, 2.75) is 24.9 Å². The molecule has 33 heavy (non-hydrogen) atoms. The number of methoxy groups -OCH3 is 1. The Bertz CT molecular complexity index is 1070. The molecule has 9 heteroatoms. The van der Waals surface area contributed by atoms with Crippen molar-refractivity contribution in [3.05, 3.63) is 71.4 Å². The van der Waals surface area contributed by atoms with E-state index in [2.05, 4.69) is 5.32 Å². The molecule has 172 valence electrons. The van der Waals surface area contributed by atoms with Crippen LogP contribution in [-0.2, 0) is 25.7 Å². The molecular formula is C24H24N2O6S. The van der Waals surface area contributed by atoms with Gasteiger partial charge < -0.3 is 19.5 Å². The first kappa shape index (κ1) is 22.7. The van der Waals surface area contributed by atoms with E-state index >= 15 is 0 Å². The third kappa shape index (κ3) is 4.98. The average Bonchev–Trinajstić information content (AvgIpc) is 2.85. The van der Waals surface area contributed by atoms with Gasteiger partial charge in [0.15, 0.2) is 6.61 Å². The maximum atomic E-state index is 12.8. The van der Waals surface area contributed by atoms with Crippen LogP contribution in [0.15, 0.2) is 65.9 Å². The minimum absolute atomic E-state index is 0.0798. The number of hydrogen-bond acceptors (Lipinski definition) is 7. The number of nitrogens with zero attached hydrogens (tertiary/aromatic N) is 1. The zero-order chi connectivity index (χ0) is 23.4. The Morgan fingerprint density at radius 3 is 2.52 bits per heavy atom. The summed E-state index contributed by atoms with van der Waals surface area (Å²) in [5, 5.41) is 2.36. The van der Waals surface area contributed by atoms with Crippen LogP contribution in [0, 0.1) is 0 Å². The maximum Gasteiger partial charge on any atom is 0.355 e. The van der Waals surface area contributed by atoms with Gasteiger partial charge in [0.05, 0.1) is 7.11 Å². The molecule has 1 unspecified atom stereocenters. The van der Waals surface area contributed by atoms with Gasteiger partial charge in [0, 0.05) is 5.75 Å². The van der Waals surface area contributed by atoms with E-state index in [0.29, 0.717) is 17.3 Å². The van der Waals surface area contributed by atoms with Crippen molar-refractivity contribution >= 4 is 29.5 Å². The predicted molar refractivity (Wildman–Crippen MR) is 122 cm³/mol. The smallest absolute Gasteiger partial charge is 0.355 e. The van der Waals surface area contributed by atoms with Gasteiger partial charge in [-0.15, -0.1) is 11.8 Å². The van der Waals surface area contributed by atoms with Crippen LogP contribution in [0.3, 0.4) is 0 Å². The first-order chi connectivity index (χ1) is 16.0. The van der Waals surface area contributed by atoms with Crippen LogP contribution in [0.5, 0.6) is 11.5 Å². The zero-order valence-corrected chi connectivity index (χ0v) is 19.1. The molecule has 0 aromatic heterocycles. The van der Waals surface area contributed by atoms with Crippen molar-refractivity contribution in [2.75, 3.05) is 19.5 Å². The molecule has 2 aromatic carbocycles. The Morgan fingerprint density at radius 1 is 1.09 bits per heavy atom. The van der Waals surface area contributed by atoms with Crippen LogP contribution in [0.25, 0.3) is 0 Å². The molecule has 2 amide bonds. The van der Waals surface area contributed by atoms with E-state index in [-0.39, 0.29) is 30.2 Å². The van der Waals surface area contributed by atoms with Gasteiger partial charge in [0.2, 0.25) is 0 Å². The first-order valence-electron chi connectivity index (χ1n) is 10.4. The SMILES string of the molecule is COc1ccc(COC(=O)C2=C(C)CS[C@@H]3C(NC(=O)COc4ccccc4)C(=O)N23)cc1. The number of esters is 1. The maximum absolute atomic E-state index is 12.8. The minimum atomic E-state index is -0.709. The number of nitrogens with one attached hydrogen (secondary N) is 1. The highest BCUT2D eigenvalue weighted by Gasteiger charge is 2.54. The predicted octanol–water partition coefficient (Wildman–Crippen LogP) is 2.49. The number of carbonyl (C=O) groups excluding carboxylic acids is 3. The Morgan fingerprint density at radius 2 is 1.82 bits per heavy atom. The van der Waals surface area contributed by atoms with Gasteiger partial charge in [0.1, 0.15) is 35.2 Å². The molecule has 1 N–H and O–H groups in total. The molecule has 0 aliphatic carbocycles. The molecule has 4 rings (SSSR count). The highest BCUT2D eigenvalue weighted by Crippen LogP contribution is 2.40. The summed E-state index contributed by atoms with van der Waals surface area (Å²) in [5.74, 6) is 0.558. The summed E-state index contributed by atoms with van der Waals surface area (Å²) in [5.41, 5.74) is 1.83. The van der Waals surface area contributed by atoms with E-state index in [1.807, 2.05) is 30.3 Å². The molecule has 0 saturated carbocycles. The molecule has 8 nitrogen and oxygen atoms in total. The Kier molecular flexibility index (Phi) is 6.88. The lowest BCUT2D eigenvalue weighted by Gasteiger charge is -2.49. The average molecular weight is 469 g/mol. The number of rotatable bonds is 8. The Labute approximate surface area is 195 Å². The van der Waals surface area contributed by atoms with Crippen LogP contribution >= 0.6 is 11.8 Å². The lowest BCUT2D eigenvalue weighted by Crippen LogP contribution is -2.70. The molecule has 2 atom stereocenters. The largest absolute Gasteiger partial charge is 0.497 e. The molecule has 0 radical (unpaired) electrons. The number of carbonyl (C=O) groups is 3. The highest BCUT2D eigenvalue weighted by atomic mass is 32.2. The highest BCUT2D eigenvalue weighted by molar-refractivity contribution is 8.00. The summed E-state index contributed by atoms with van der Waals surface area (Å²) in [7, 11) is 1.58. The Hall–Kier alpha value is -3.46. The standard InChI is InChI=1S/C24H24N2O6S/c1-15-14-33-23-20(25-19(27)13-31-18-6-4-3-5-7-18)22(28)26(23)21(15)24(29)32-12-16-8-10-17(30-2)11-9-16/h3-11,20,23H,12-14H2,1-2H3,(H,25,27)/t20?,23-/m1/s1. The van der Waals surface area contributed by atoms with E-state index < -0.39 is 17.9 Å². The second-order valence-corrected chi connectivity index (χ2v) is 8.71. The van der Waals surface area contributed by atoms with Crippen molar-refractivity contribution in [1.29, 1.82) is 0 Å². The number of para-hydroxylation sites is 1.